The molecule has 156 valence electrons. The normalized spacial score (nSPS) is 20.5. The molecule has 1 aliphatic carbocycles. The minimum atomic E-state index is -5.07. The second kappa shape index (κ2) is 8.48. The number of alkyl halides is 3. The number of benzene rings is 1. The minimum Gasteiger partial charge on any atom is -0.460 e. The maximum atomic E-state index is 12.6. The van der Waals surface area contributed by atoms with Gasteiger partial charge in [-0.25, -0.2) is 0 Å². The van der Waals surface area contributed by atoms with Gasteiger partial charge in [0.15, 0.2) is 5.75 Å². The first-order valence-electron chi connectivity index (χ1n) is 7.48. The number of hydrogen-bond donors (Lipinski definition) is 0. The van der Waals surface area contributed by atoms with Crippen LogP contribution in [0.25, 0.3) is 0 Å². The van der Waals surface area contributed by atoms with E-state index in [2.05, 4.69) is 4.74 Å². The van der Waals surface area contributed by atoms with Gasteiger partial charge in [-0.2, -0.15) is 0 Å². The van der Waals surface area contributed by atoms with Crippen molar-refractivity contribution in [2.75, 3.05) is 0 Å². The summed E-state index contributed by atoms with van der Waals surface area (Å²) in [5, 5.41) is -1.86. The van der Waals surface area contributed by atoms with Crippen LogP contribution in [0, 0.1) is 17.3 Å². The van der Waals surface area contributed by atoms with Gasteiger partial charge < -0.3 is 9.47 Å². The van der Waals surface area contributed by atoms with Gasteiger partial charge in [0.1, 0.15) is 16.1 Å². The summed E-state index contributed by atoms with van der Waals surface area (Å²) in [6.07, 6.45) is -3.56. The average molecular weight is 521 g/mol. The lowest BCUT2D eigenvalue weighted by Crippen LogP contribution is -2.18. The number of carbonyl (C=O) groups is 1. The Kier molecular flexibility index (Phi) is 7.28. The second-order valence-corrected chi connectivity index (χ2v) is 9.02. The van der Waals surface area contributed by atoms with Gasteiger partial charge in [0.2, 0.25) is 0 Å². The van der Waals surface area contributed by atoms with Gasteiger partial charge in [-0.3, -0.25) is 4.79 Å². The molecule has 0 bridgehead atoms. The highest BCUT2D eigenvalue weighted by atomic mass is 35.5. The molecule has 2 unspecified atom stereocenters. The molecule has 1 fully saturated rings. The highest BCUT2D eigenvalue weighted by Crippen LogP contribution is 2.60. The first-order valence-corrected chi connectivity index (χ1v) is 9.75. The fourth-order valence-electron chi connectivity index (χ4n) is 2.80. The third-order valence-electron chi connectivity index (χ3n) is 4.36. The van der Waals surface area contributed by atoms with Crippen molar-refractivity contribution in [2.45, 2.75) is 26.8 Å². The molecule has 0 amide bonds. The fraction of sp³-hybridized carbons (Fsp3) is 0.438. The van der Waals surface area contributed by atoms with Gasteiger partial charge in [0.05, 0.1) is 21.0 Å². The summed E-state index contributed by atoms with van der Waals surface area (Å²) in [5.41, 5.74) is -0.631. The lowest BCUT2D eigenvalue weighted by atomic mass is 10.1. The first kappa shape index (κ1) is 24.0. The van der Waals surface area contributed by atoms with E-state index in [1.165, 1.54) is 6.08 Å². The Morgan fingerprint density at radius 1 is 1.07 bits per heavy atom. The predicted octanol–water partition coefficient (Wildman–Crippen LogP) is 7.83. The smallest absolute Gasteiger partial charge is 0.460 e. The highest BCUT2D eigenvalue weighted by Gasteiger charge is 2.61. The molecule has 3 nitrogen and oxygen atoms in total. The molecule has 2 rings (SSSR count). The summed E-state index contributed by atoms with van der Waals surface area (Å²) in [6.45, 7) is 3.08. The Balaban J connectivity index is 2.25. The largest absolute Gasteiger partial charge is 0.573 e. The van der Waals surface area contributed by atoms with E-state index in [1.807, 2.05) is 13.8 Å². The SMILES string of the molecule is CC1(C)C(C=C(Cl)Cl)C1C(=O)OCc1c(Cl)c(Cl)c(Cl)c(OC(F)(F)F)c1Cl. The zero-order valence-corrected chi connectivity index (χ0v) is 18.6. The maximum Gasteiger partial charge on any atom is 0.573 e. The molecule has 0 saturated heterocycles. The standard InChI is InChI=1S/C16H11Cl6F3O3/c1-15(2)6(3-7(17)18)8(15)14(26)27-4-5-9(19)11(21)12(22)13(10(5)20)28-16(23,24)25/h3,6,8H,4H2,1-2H3. The fourth-order valence-corrected chi connectivity index (χ4v) is 4.17. The lowest BCUT2D eigenvalue weighted by Gasteiger charge is -2.17. The van der Waals surface area contributed by atoms with Crippen LogP contribution in [-0.4, -0.2) is 12.3 Å². The van der Waals surface area contributed by atoms with Gasteiger partial charge in [-0.05, 0) is 17.4 Å². The van der Waals surface area contributed by atoms with Crippen molar-refractivity contribution in [3.63, 3.8) is 0 Å². The predicted molar refractivity (Wildman–Crippen MR) is 104 cm³/mol. The molecule has 28 heavy (non-hydrogen) atoms. The molecule has 1 aliphatic rings. The molecule has 12 heteroatoms. The van der Waals surface area contributed by atoms with Crippen molar-refractivity contribution in [2.24, 2.45) is 17.3 Å². The Morgan fingerprint density at radius 3 is 2.14 bits per heavy atom. The van der Waals surface area contributed by atoms with E-state index >= 15 is 0 Å². The summed E-state index contributed by atoms with van der Waals surface area (Å²) in [6, 6.07) is 0. The highest BCUT2D eigenvalue weighted by molar-refractivity contribution is 6.56. The molecular weight excluding hydrogens is 510 g/mol. The van der Waals surface area contributed by atoms with Crippen LogP contribution in [-0.2, 0) is 16.1 Å². The van der Waals surface area contributed by atoms with Crippen molar-refractivity contribution >= 4 is 75.6 Å². The van der Waals surface area contributed by atoms with E-state index < -0.39 is 51.1 Å². The van der Waals surface area contributed by atoms with E-state index in [0.29, 0.717) is 0 Å². The van der Waals surface area contributed by atoms with E-state index in [-0.39, 0.29) is 21.0 Å². The summed E-state index contributed by atoms with van der Waals surface area (Å²) < 4.78 is 46.8. The van der Waals surface area contributed by atoms with Crippen molar-refractivity contribution in [1.82, 2.24) is 0 Å². The van der Waals surface area contributed by atoms with Crippen LogP contribution < -0.4 is 4.74 Å². The Bertz CT molecular complexity index is 834. The summed E-state index contributed by atoms with van der Waals surface area (Å²) in [5.74, 6) is -2.37. The molecule has 1 aromatic rings. The van der Waals surface area contributed by atoms with Crippen LogP contribution in [0.3, 0.4) is 0 Å². The van der Waals surface area contributed by atoms with Crippen molar-refractivity contribution in [3.05, 3.63) is 36.2 Å². The van der Waals surface area contributed by atoms with Crippen molar-refractivity contribution in [3.8, 4) is 5.75 Å². The van der Waals surface area contributed by atoms with Crippen LogP contribution in [0.2, 0.25) is 20.1 Å². The van der Waals surface area contributed by atoms with Crippen LogP contribution in [0.5, 0.6) is 5.75 Å². The molecule has 0 aromatic heterocycles. The second-order valence-electron chi connectivity index (χ2n) is 6.50. The monoisotopic (exact) mass is 518 g/mol. The molecule has 0 spiro atoms. The zero-order chi connectivity index (χ0) is 21.6. The number of rotatable bonds is 5. The van der Waals surface area contributed by atoms with Gasteiger partial charge in [0, 0.05) is 5.56 Å². The number of allylic oxidation sites excluding steroid dienone is 1. The number of esters is 1. The average Bonchev–Trinajstić information content (AvgIpc) is 3.08. The topological polar surface area (TPSA) is 35.5 Å². The first-order chi connectivity index (χ1) is 12.7. The van der Waals surface area contributed by atoms with E-state index in [4.69, 9.17) is 74.3 Å². The molecule has 0 aliphatic heterocycles. The molecular formula is C16H11Cl6F3O3. The van der Waals surface area contributed by atoms with Gasteiger partial charge >= 0.3 is 12.3 Å². The number of halogens is 9. The van der Waals surface area contributed by atoms with Gasteiger partial charge in [-0.15, -0.1) is 13.2 Å². The molecule has 1 saturated carbocycles. The third kappa shape index (κ3) is 5.08. The zero-order valence-electron chi connectivity index (χ0n) is 14.1. The van der Waals surface area contributed by atoms with E-state index in [1.54, 1.807) is 0 Å². The van der Waals surface area contributed by atoms with Gasteiger partial charge in [0.25, 0.3) is 0 Å². The molecule has 1 aromatic carbocycles. The third-order valence-corrected chi connectivity index (χ3v) is 6.36. The van der Waals surface area contributed by atoms with Crippen LogP contribution in [0.4, 0.5) is 13.2 Å². The van der Waals surface area contributed by atoms with Crippen LogP contribution >= 0.6 is 69.6 Å². The molecule has 0 radical (unpaired) electrons. The van der Waals surface area contributed by atoms with Crippen LogP contribution in [0.1, 0.15) is 19.4 Å². The Hall–Kier alpha value is -0.240. The maximum absolute atomic E-state index is 12.6. The van der Waals surface area contributed by atoms with E-state index in [9.17, 15) is 18.0 Å². The molecule has 2 atom stereocenters. The summed E-state index contributed by atoms with van der Waals surface area (Å²) >= 11 is 34.8. The van der Waals surface area contributed by atoms with Gasteiger partial charge in [-0.1, -0.05) is 83.5 Å². The number of ether oxygens (including phenoxy) is 2. The Labute approximate surface area is 188 Å². The molecule has 0 N–H and O–H groups in total. The van der Waals surface area contributed by atoms with Crippen molar-refractivity contribution in [1.29, 1.82) is 0 Å². The quantitative estimate of drug-likeness (QED) is 0.225. The van der Waals surface area contributed by atoms with Crippen LogP contribution in [0.15, 0.2) is 10.6 Å². The molecule has 0 heterocycles. The number of carbonyl (C=O) groups excluding carboxylic acids is 1. The summed E-state index contributed by atoms with van der Waals surface area (Å²) in [7, 11) is 0. The van der Waals surface area contributed by atoms with E-state index in [0.717, 1.165) is 0 Å². The minimum absolute atomic E-state index is 0.0119. The lowest BCUT2D eigenvalue weighted by molar-refractivity contribution is -0.274. The number of hydrogen-bond acceptors (Lipinski definition) is 3. The Morgan fingerprint density at radius 2 is 1.64 bits per heavy atom. The van der Waals surface area contributed by atoms with Crippen molar-refractivity contribution < 1.29 is 27.4 Å². The summed E-state index contributed by atoms with van der Waals surface area (Å²) in [4.78, 5) is 12.4.